The first-order valence-electron chi connectivity index (χ1n) is 20.8. The summed E-state index contributed by atoms with van der Waals surface area (Å²) in [6.45, 7) is 30.3. The minimum atomic E-state index is -0.553. The Labute approximate surface area is 332 Å². The van der Waals surface area contributed by atoms with E-state index in [1.54, 1.807) is 16.7 Å². The molecule has 0 saturated heterocycles. The zero-order chi connectivity index (χ0) is 39.7. The van der Waals surface area contributed by atoms with Crippen molar-refractivity contribution in [3.05, 3.63) is 146 Å². The molecule has 5 aliphatic carbocycles. The molecule has 1 fully saturated rings. The largest absolute Gasteiger partial charge is 0.496 e. The Morgan fingerprint density at radius 3 is 1.78 bits per heavy atom. The minimum Gasteiger partial charge on any atom is -0.496 e. The highest BCUT2D eigenvalue weighted by atomic mass is 16.5. The molecule has 3 aromatic carbocycles. The topological polar surface area (TPSA) is 18.5 Å². The SMILES string of the molecule is COc1c(C)cc(C(C2=CC=CC2)(c2cc(C)c(OC)c(C)c2)C2(C)C3=C4Cc5ccccc5C4=C4C=CCCC4C3(C)C(C)(C)C(C)(C)C2(C)C)cc1C. The second-order valence-corrected chi connectivity index (χ2v) is 19.6. The molecular weight excluding hydrogens is 669 g/mol. The molecule has 0 heterocycles. The molecule has 1 saturated carbocycles. The summed E-state index contributed by atoms with van der Waals surface area (Å²) in [7, 11) is 3.64. The van der Waals surface area contributed by atoms with E-state index < -0.39 is 10.8 Å². The molecule has 0 N–H and O–H groups in total. The van der Waals surface area contributed by atoms with E-state index in [1.807, 2.05) is 14.2 Å². The molecule has 5 aliphatic rings. The van der Waals surface area contributed by atoms with E-state index in [-0.39, 0.29) is 21.7 Å². The lowest BCUT2D eigenvalue weighted by atomic mass is 9.25. The van der Waals surface area contributed by atoms with Gasteiger partial charge in [-0.2, -0.15) is 0 Å². The van der Waals surface area contributed by atoms with Gasteiger partial charge in [0.05, 0.1) is 19.6 Å². The molecule has 0 spiro atoms. The zero-order valence-electron chi connectivity index (χ0n) is 36.2. The van der Waals surface area contributed by atoms with Crippen molar-refractivity contribution < 1.29 is 9.47 Å². The number of aryl methyl sites for hydroxylation is 4. The molecule has 3 aromatic rings. The first-order chi connectivity index (χ1) is 25.9. The van der Waals surface area contributed by atoms with Crippen molar-refractivity contribution in [3.8, 4) is 11.5 Å². The van der Waals surface area contributed by atoms with Crippen LogP contribution in [0.25, 0.3) is 5.57 Å². The molecule has 3 atom stereocenters. The predicted molar refractivity (Wildman–Crippen MR) is 231 cm³/mol. The van der Waals surface area contributed by atoms with Crippen molar-refractivity contribution in [2.45, 2.75) is 114 Å². The molecule has 55 heavy (non-hydrogen) atoms. The maximum Gasteiger partial charge on any atom is 0.124 e. The number of rotatable bonds is 6. The highest BCUT2D eigenvalue weighted by molar-refractivity contribution is 5.93. The van der Waals surface area contributed by atoms with Crippen LogP contribution < -0.4 is 9.47 Å². The number of methoxy groups -OCH3 is 2. The van der Waals surface area contributed by atoms with Crippen LogP contribution >= 0.6 is 0 Å². The van der Waals surface area contributed by atoms with E-state index in [4.69, 9.17) is 9.47 Å². The molecule has 2 nitrogen and oxygen atoms in total. The number of benzene rings is 3. The molecule has 8 rings (SSSR count). The van der Waals surface area contributed by atoms with E-state index >= 15 is 0 Å². The first-order valence-corrected chi connectivity index (χ1v) is 20.8. The van der Waals surface area contributed by atoms with Gasteiger partial charge < -0.3 is 9.47 Å². The third-order valence-electron chi connectivity index (χ3n) is 17.4. The molecular formula is C53H64O2. The summed E-state index contributed by atoms with van der Waals surface area (Å²) in [6.07, 6.45) is 16.4. The summed E-state index contributed by atoms with van der Waals surface area (Å²) < 4.78 is 12.2. The third-order valence-corrected chi connectivity index (χ3v) is 17.4. The van der Waals surface area contributed by atoms with Crippen molar-refractivity contribution in [2.24, 2.45) is 33.0 Å². The zero-order valence-corrected chi connectivity index (χ0v) is 36.2. The highest BCUT2D eigenvalue weighted by Gasteiger charge is 2.77. The van der Waals surface area contributed by atoms with E-state index in [0.717, 1.165) is 30.8 Å². The van der Waals surface area contributed by atoms with Gasteiger partial charge in [-0.05, 0) is 137 Å². The van der Waals surface area contributed by atoms with Crippen LogP contribution in [0.4, 0.5) is 0 Å². The van der Waals surface area contributed by atoms with Crippen LogP contribution in [0.5, 0.6) is 11.5 Å². The molecule has 0 bridgehead atoms. The fourth-order valence-corrected chi connectivity index (χ4v) is 13.7. The Bertz CT molecular complexity index is 2190. The Morgan fingerprint density at radius 1 is 0.691 bits per heavy atom. The van der Waals surface area contributed by atoms with E-state index in [1.165, 1.54) is 62.1 Å². The average molecular weight is 733 g/mol. The van der Waals surface area contributed by atoms with Crippen molar-refractivity contribution in [1.29, 1.82) is 0 Å². The highest BCUT2D eigenvalue weighted by Crippen LogP contribution is 2.83. The average Bonchev–Trinajstić information content (AvgIpc) is 3.80. The standard InChI is InChI=1S/C53H64O2/c1-32-27-38(28-33(2)45(32)54-13)53(37-22-16-17-23-37,39-29-34(3)46(55-14)35(4)30-39)52(12)47-42-31-36-21-15-18-24-40(36)44(42)41-25-19-20-26-43(41)51(47,11)49(7,8)48(5,6)50(52,9)10/h15-19,21-22,24-25,27-30,43H,20,23,26,31H2,1-14H3. The van der Waals surface area contributed by atoms with Crippen LogP contribution in [0.2, 0.25) is 0 Å². The van der Waals surface area contributed by atoms with Crippen molar-refractivity contribution in [3.63, 3.8) is 0 Å². The summed E-state index contributed by atoms with van der Waals surface area (Å²) in [5, 5.41) is 0. The number of fused-ring (bicyclic) bond motifs is 6. The van der Waals surface area contributed by atoms with Crippen molar-refractivity contribution in [2.75, 3.05) is 14.2 Å². The molecule has 0 radical (unpaired) electrons. The van der Waals surface area contributed by atoms with E-state index in [0.29, 0.717) is 5.92 Å². The number of hydrogen-bond acceptors (Lipinski definition) is 2. The van der Waals surface area contributed by atoms with Crippen LogP contribution in [-0.4, -0.2) is 14.2 Å². The summed E-state index contributed by atoms with van der Waals surface area (Å²) in [5.74, 6) is 2.36. The maximum absolute atomic E-state index is 6.10. The van der Waals surface area contributed by atoms with Crippen molar-refractivity contribution >= 4 is 5.57 Å². The Hall–Kier alpha value is -4.04. The normalized spacial score (nSPS) is 27.0. The van der Waals surface area contributed by atoms with Crippen LogP contribution in [0.1, 0.15) is 119 Å². The van der Waals surface area contributed by atoms with E-state index in [9.17, 15) is 0 Å². The molecule has 288 valence electrons. The number of allylic oxidation sites excluding steroid dienone is 10. The van der Waals surface area contributed by atoms with Crippen molar-refractivity contribution in [1.82, 2.24) is 0 Å². The fraction of sp³-hybridized carbons (Fsp3) is 0.472. The lowest BCUT2D eigenvalue weighted by Gasteiger charge is -2.78. The van der Waals surface area contributed by atoms with Crippen LogP contribution in [0.15, 0.2) is 101 Å². The first kappa shape index (κ1) is 37.9. The summed E-state index contributed by atoms with van der Waals surface area (Å²) in [5.41, 5.74) is 16.7. The Balaban J connectivity index is 1.66. The van der Waals surface area contributed by atoms with E-state index in [2.05, 4.69) is 162 Å². The van der Waals surface area contributed by atoms with Gasteiger partial charge in [-0.1, -0.05) is 145 Å². The van der Waals surface area contributed by atoms with Gasteiger partial charge in [0.15, 0.2) is 0 Å². The lowest BCUT2D eigenvalue weighted by Crippen LogP contribution is -2.72. The lowest BCUT2D eigenvalue weighted by molar-refractivity contribution is -0.206. The second kappa shape index (κ2) is 12.2. The molecule has 2 heteroatoms. The van der Waals surface area contributed by atoms with Gasteiger partial charge in [-0.3, -0.25) is 0 Å². The van der Waals surface area contributed by atoms with Gasteiger partial charge in [0.1, 0.15) is 11.5 Å². The molecule has 0 aromatic heterocycles. The Morgan fingerprint density at radius 2 is 1.25 bits per heavy atom. The minimum absolute atomic E-state index is 0.0573. The maximum atomic E-state index is 6.10. The number of ether oxygens (including phenoxy) is 2. The van der Waals surface area contributed by atoms with Gasteiger partial charge in [0.2, 0.25) is 0 Å². The molecule has 0 aliphatic heterocycles. The van der Waals surface area contributed by atoms with Gasteiger partial charge in [-0.25, -0.2) is 0 Å². The fourth-order valence-electron chi connectivity index (χ4n) is 13.7. The van der Waals surface area contributed by atoms with Crippen LogP contribution in [0.3, 0.4) is 0 Å². The second-order valence-electron chi connectivity index (χ2n) is 19.6. The molecule has 3 unspecified atom stereocenters. The predicted octanol–water partition coefficient (Wildman–Crippen LogP) is 13.5. The number of hydrogen-bond donors (Lipinski definition) is 0. The summed E-state index contributed by atoms with van der Waals surface area (Å²) >= 11 is 0. The van der Waals surface area contributed by atoms with Gasteiger partial charge in [-0.15, -0.1) is 0 Å². The summed E-state index contributed by atoms with van der Waals surface area (Å²) in [4.78, 5) is 0. The van der Waals surface area contributed by atoms with Crippen LogP contribution in [0, 0.1) is 60.7 Å². The monoisotopic (exact) mass is 732 g/mol. The van der Waals surface area contributed by atoms with Crippen LogP contribution in [-0.2, 0) is 11.8 Å². The van der Waals surface area contributed by atoms with Gasteiger partial charge >= 0.3 is 0 Å². The third kappa shape index (κ3) is 4.38. The van der Waals surface area contributed by atoms with Gasteiger partial charge in [0, 0.05) is 10.8 Å². The Kier molecular flexibility index (Phi) is 8.42. The quantitative estimate of drug-likeness (QED) is 0.251. The molecule has 0 amide bonds. The smallest absolute Gasteiger partial charge is 0.124 e. The summed E-state index contributed by atoms with van der Waals surface area (Å²) in [6, 6.07) is 19.3. The van der Waals surface area contributed by atoms with Gasteiger partial charge in [0.25, 0.3) is 0 Å².